The Balaban J connectivity index is 1.25. The lowest BCUT2D eigenvalue weighted by Crippen LogP contribution is -2.35. The number of hydrogen-bond donors (Lipinski definition) is 0. The van der Waals surface area contributed by atoms with Crippen molar-refractivity contribution >= 4 is 5.78 Å². The third-order valence-corrected chi connectivity index (χ3v) is 7.17. The number of likely N-dealkylation sites (tertiary alicyclic amines) is 1. The summed E-state index contributed by atoms with van der Waals surface area (Å²) in [5.74, 6) is 1.68. The van der Waals surface area contributed by atoms with Crippen LogP contribution in [-0.2, 0) is 6.42 Å². The minimum atomic E-state index is 0.0252. The second kappa shape index (κ2) is 11.6. The van der Waals surface area contributed by atoms with Gasteiger partial charge in [-0.05, 0) is 74.3 Å². The molecule has 1 saturated heterocycles. The third kappa shape index (κ3) is 6.12. The molecule has 1 aromatic heterocycles. The standard InChI is InChI=1S/C33H34N2O3/c1-23-5-4-6-25(19-23)31-20-26(10-14-33(31)37-3)32(36)21-28-11-7-27(22-34-28)24-8-12-29(13-9-24)38-30-15-17-35(2)18-16-30/h4-14,19-20,22,30H,15-18,21H2,1-3H3. The highest BCUT2D eigenvalue weighted by atomic mass is 16.5. The fourth-order valence-corrected chi connectivity index (χ4v) is 4.91. The van der Waals surface area contributed by atoms with Crippen molar-refractivity contribution in [1.82, 2.24) is 9.88 Å². The van der Waals surface area contributed by atoms with Crippen molar-refractivity contribution < 1.29 is 14.3 Å². The van der Waals surface area contributed by atoms with E-state index < -0.39 is 0 Å². The number of pyridine rings is 1. The summed E-state index contributed by atoms with van der Waals surface area (Å²) in [7, 11) is 3.81. The van der Waals surface area contributed by atoms with E-state index in [0.717, 1.165) is 70.9 Å². The zero-order valence-corrected chi connectivity index (χ0v) is 22.3. The van der Waals surface area contributed by atoms with Crippen molar-refractivity contribution in [2.24, 2.45) is 0 Å². The Morgan fingerprint density at radius 1 is 0.921 bits per heavy atom. The molecule has 0 radical (unpaired) electrons. The van der Waals surface area contributed by atoms with Gasteiger partial charge in [-0.1, -0.05) is 48.0 Å². The van der Waals surface area contributed by atoms with Gasteiger partial charge in [-0.3, -0.25) is 9.78 Å². The minimum absolute atomic E-state index is 0.0252. The number of ether oxygens (including phenoxy) is 2. The summed E-state index contributed by atoms with van der Waals surface area (Å²) in [6, 6.07) is 25.9. The summed E-state index contributed by atoms with van der Waals surface area (Å²) < 4.78 is 11.7. The number of nitrogens with zero attached hydrogens (tertiary/aromatic N) is 2. The highest BCUT2D eigenvalue weighted by Gasteiger charge is 2.18. The maximum absolute atomic E-state index is 13.1. The zero-order chi connectivity index (χ0) is 26.5. The molecule has 0 aliphatic carbocycles. The van der Waals surface area contributed by atoms with Gasteiger partial charge in [0.15, 0.2) is 5.78 Å². The van der Waals surface area contributed by atoms with Gasteiger partial charge in [0.1, 0.15) is 17.6 Å². The van der Waals surface area contributed by atoms with E-state index in [1.54, 1.807) is 7.11 Å². The van der Waals surface area contributed by atoms with Crippen molar-refractivity contribution in [1.29, 1.82) is 0 Å². The summed E-state index contributed by atoms with van der Waals surface area (Å²) in [5.41, 5.74) is 6.57. The number of hydrogen-bond acceptors (Lipinski definition) is 5. The number of carbonyl (C=O) groups excluding carboxylic acids is 1. The molecule has 0 amide bonds. The predicted octanol–water partition coefficient (Wildman–Crippen LogP) is 6.63. The predicted molar refractivity (Wildman–Crippen MR) is 152 cm³/mol. The van der Waals surface area contributed by atoms with Gasteiger partial charge in [0.25, 0.3) is 0 Å². The van der Waals surface area contributed by atoms with Crippen molar-refractivity contribution in [3.63, 3.8) is 0 Å². The molecule has 1 aliphatic heterocycles. The molecule has 0 N–H and O–H groups in total. The van der Waals surface area contributed by atoms with Crippen molar-refractivity contribution in [2.75, 3.05) is 27.2 Å². The Hall–Kier alpha value is -3.96. The van der Waals surface area contributed by atoms with Crippen LogP contribution in [0.3, 0.4) is 0 Å². The Kier molecular flexibility index (Phi) is 7.85. The Labute approximate surface area is 225 Å². The van der Waals surface area contributed by atoms with Crippen LogP contribution in [0.2, 0.25) is 0 Å². The topological polar surface area (TPSA) is 51.7 Å². The third-order valence-electron chi connectivity index (χ3n) is 7.17. The van der Waals surface area contributed by atoms with Crippen LogP contribution in [0, 0.1) is 6.92 Å². The number of benzene rings is 3. The molecule has 0 bridgehead atoms. The second-order valence-corrected chi connectivity index (χ2v) is 10.1. The van der Waals surface area contributed by atoms with E-state index in [1.807, 2.05) is 60.8 Å². The molecular formula is C33H34N2O3. The summed E-state index contributed by atoms with van der Waals surface area (Å²) >= 11 is 0. The summed E-state index contributed by atoms with van der Waals surface area (Å²) in [6.07, 6.45) is 4.48. The lowest BCUT2D eigenvalue weighted by atomic mass is 9.97. The molecule has 38 heavy (non-hydrogen) atoms. The van der Waals surface area contributed by atoms with Gasteiger partial charge >= 0.3 is 0 Å². The van der Waals surface area contributed by atoms with E-state index in [9.17, 15) is 4.79 Å². The Bertz CT molecular complexity index is 1390. The second-order valence-electron chi connectivity index (χ2n) is 10.1. The van der Waals surface area contributed by atoms with Gasteiger partial charge in [0, 0.05) is 41.7 Å². The number of Topliss-reactive ketones (excluding diaryl/α,β-unsaturated/α-hetero) is 1. The molecule has 4 aromatic rings. The largest absolute Gasteiger partial charge is 0.496 e. The van der Waals surface area contributed by atoms with Crippen LogP contribution >= 0.6 is 0 Å². The molecule has 2 heterocycles. The van der Waals surface area contributed by atoms with Gasteiger partial charge < -0.3 is 14.4 Å². The van der Waals surface area contributed by atoms with Gasteiger partial charge in [-0.25, -0.2) is 0 Å². The first kappa shape index (κ1) is 25.7. The maximum Gasteiger partial charge on any atom is 0.168 e. The SMILES string of the molecule is COc1ccc(C(=O)Cc2ccc(-c3ccc(OC4CCN(C)CC4)cc3)cn2)cc1-c1cccc(C)c1. The monoisotopic (exact) mass is 506 g/mol. The number of rotatable bonds is 8. The van der Waals surface area contributed by atoms with Crippen LogP contribution in [0.25, 0.3) is 22.3 Å². The number of methoxy groups -OCH3 is 1. The minimum Gasteiger partial charge on any atom is -0.496 e. The average Bonchev–Trinajstić information content (AvgIpc) is 2.95. The fourth-order valence-electron chi connectivity index (χ4n) is 4.91. The number of aryl methyl sites for hydroxylation is 1. The number of ketones is 1. The smallest absolute Gasteiger partial charge is 0.168 e. The summed E-state index contributed by atoms with van der Waals surface area (Å²) in [4.78, 5) is 20.1. The van der Waals surface area contributed by atoms with Crippen molar-refractivity contribution in [3.8, 4) is 33.8 Å². The van der Waals surface area contributed by atoms with Gasteiger partial charge in [-0.2, -0.15) is 0 Å². The number of carbonyl (C=O) groups is 1. The zero-order valence-electron chi connectivity index (χ0n) is 22.3. The lowest BCUT2D eigenvalue weighted by molar-refractivity contribution is 0.0992. The molecule has 0 spiro atoms. The number of piperidine rings is 1. The highest BCUT2D eigenvalue weighted by molar-refractivity contribution is 5.99. The van der Waals surface area contributed by atoms with E-state index in [0.29, 0.717) is 5.56 Å². The molecule has 0 unspecified atom stereocenters. The molecule has 194 valence electrons. The van der Waals surface area contributed by atoms with Crippen LogP contribution < -0.4 is 9.47 Å². The first-order valence-corrected chi connectivity index (χ1v) is 13.2. The Morgan fingerprint density at radius 2 is 1.68 bits per heavy atom. The van der Waals surface area contributed by atoms with E-state index >= 15 is 0 Å². The van der Waals surface area contributed by atoms with Crippen LogP contribution in [0.1, 0.15) is 34.5 Å². The van der Waals surface area contributed by atoms with E-state index in [2.05, 4.69) is 48.1 Å². The molecular weight excluding hydrogens is 472 g/mol. The van der Waals surface area contributed by atoms with Crippen molar-refractivity contribution in [2.45, 2.75) is 32.3 Å². The molecule has 1 aliphatic rings. The summed E-state index contributed by atoms with van der Waals surface area (Å²) in [6.45, 7) is 4.21. The molecule has 0 saturated carbocycles. The van der Waals surface area contributed by atoms with Crippen LogP contribution in [-0.4, -0.2) is 49.0 Å². The average molecular weight is 507 g/mol. The lowest BCUT2D eigenvalue weighted by Gasteiger charge is -2.29. The molecule has 5 rings (SSSR count). The van der Waals surface area contributed by atoms with E-state index in [-0.39, 0.29) is 18.3 Å². The van der Waals surface area contributed by atoms with Crippen LogP contribution in [0.4, 0.5) is 0 Å². The fraction of sp³-hybridized carbons (Fsp3) is 0.273. The first-order valence-electron chi connectivity index (χ1n) is 13.2. The van der Waals surface area contributed by atoms with Gasteiger partial charge in [0.2, 0.25) is 0 Å². The van der Waals surface area contributed by atoms with E-state index in [1.165, 1.54) is 0 Å². The molecule has 0 atom stereocenters. The van der Waals surface area contributed by atoms with Gasteiger partial charge in [0.05, 0.1) is 13.5 Å². The van der Waals surface area contributed by atoms with Crippen molar-refractivity contribution in [3.05, 3.63) is 102 Å². The maximum atomic E-state index is 13.1. The van der Waals surface area contributed by atoms with Crippen LogP contribution in [0.15, 0.2) is 85.1 Å². The molecule has 1 fully saturated rings. The molecule has 5 heteroatoms. The summed E-state index contributed by atoms with van der Waals surface area (Å²) in [5, 5.41) is 0. The Morgan fingerprint density at radius 3 is 2.37 bits per heavy atom. The molecule has 5 nitrogen and oxygen atoms in total. The number of aromatic nitrogens is 1. The first-order chi connectivity index (χ1) is 18.5. The highest BCUT2D eigenvalue weighted by Crippen LogP contribution is 2.32. The van der Waals surface area contributed by atoms with Crippen LogP contribution in [0.5, 0.6) is 11.5 Å². The van der Waals surface area contributed by atoms with E-state index in [4.69, 9.17) is 9.47 Å². The quantitative estimate of drug-likeness (QED) is 0.251. The molecule has 3 aromatic carbocycles. The van der Waals surface area contributed by atoms with Gasteiger partial charge in [-0.15, -0.1) is 0 Å². The normalized spacial score (nSPS) is 14.3.